The van der Waals surface area contributed by atoms with Crippen LogP contribution in [0, 0.1) is 5.92 Å². The Balaban J connectivity index is 0.000000445. The van der Waals surface area contributed by atoms with Crippen LogP contribution in [-0.2, 0) is 16.6 Å². The van der Waals surface area contributed by atoms with Crippen LogP contribution in [0.15, 0.2) is 36.7 Å². The minimum Gasteiger partial charge on any atom is -0.494 e. The van der Waals surface area contributed by atoms with Crippen molar-refractivity contribution in [1.82, 2.24) is 20.0 Å². The molecule has 2 aliphatic rings. The monoisotopic (exact) mass is 493 g/mol. The topological polar surface area (TPSA) is 146 Å². The van der Waals surface area contributed by atoms with Gasteiger partial charge in [-0.05, 0) is 38.2 Å². The lowest BCUT2D eigenvalue weighted by Gasteiger charge is -2.16. The number of anilines is 3. The third kappa shape index (κ3) is 6.36. The predicted molar refractivity (Wildman–Crippen MR) is 135 cm³/mol. The number of amides is 2. The summed E-state index contributed by atoms with van der Waals surface area (Å²) in [7, 11) is 3.39. The number of benzene rings is 1. The van der Waals surface area contributed by atoms with E-state index in [4.69, 9.17) is 15.2 Å². The average Bonchev–Trinajstić information content (AvgIpc) is 3.66. The molecule has 1 saturated carbocycles. The Morgan fingerprint density at radius 1 is 1.14 bits per heavy atom. The van der Waals surface area contributed by atoms with Crippen molar-refractivity contribution in [3.8, 4) is 16.9 Å². The van der Waals surface area contributed by atoms with Gasteiger partial charge in [0.25, 0.3) is 5.91 Å². The summed E-state index contributed by atoms with van der Waals surface area (Å²) in [5.41, 5.74) is 8.01. The molecule has 2 aromatic heterocycles. The van der Waals surface area contributed by atoms with Crippen molar-refractivity contribution in [3.05, 3.63) is 42.4 Å². The van der Waals surface area contributed by atoms with Gasteiger partial charge in [0.2, 0.25) is 5.91 Å². The number of para-hydroxylation sites is 1. The number of nitrogens with zero attached hydrogens (tertiary/aromatic N) is 4. The highest BCUT2D eigenvalue weighted by molar-refractivity contribution is 5.99. The number of aryl methyl sites for hydroxylation is 1. The first-order chi connectivity index (χ1) is 17.5. The van der Waals surface area contributed by atoms with Crippen molar-refractivity contribution in [3.63, 3.8) is 0 Å². The van der Waals surface area contributed by atoms with Crippen molar-refractivity contribution in [2.75, 3.05) is 31.0 Å². The molecule has 1 aliphatic carbocycles. The molecule has 5 rings (SSSR count). The van der Waals surface area contributed by atoms with E-state index in [0.29, 0.717) is 17.1 Å². The molecule has 0 bridgehead atoms. The van der Waals surface area contributed by atoms with Crippen molar-refractivity contribution >= 4 is 29.0 Å². The normalized spacial score (nSPS) is 14.8. The molecule has 36 heavy (non-hydrogen) atoms. The third-order valence-corrected chi connectivity index (χ3v) is 5.81. The summed E-state index contributed by atoms with van der Waals surface area (Å²) in [6.45, 7) is 2.00. The molecular formula is C25H31N7O4. The minimum atomic E-state index is -0.743. The summed E-state index contributed by atoms with van der Waals surface area (Å²) in [5.74, 6) is -0.0518. The zero-order valence-electron chi connectivity index (χ0n) is 20.5. The van der Waals surface area contributed by atoms with Crippen LogP contribution in [0.4, 0.5) is 17.2 Å². The number of carbonyl (C=O) groups is 2. The van der Waals surface area contributed by atoms with Crippen LogP contribution in [0.25, 0.3) is 11.1 Å². The van der Waals surface area contributed by atoms with Gasteiger partial charge in [-0.25, -0.2) is 0 Å². The summed E-state index contributed by atoms with van der Waals surface area (Å²) < 4.78 is 12.4. The van der Waals surface area contributed by atoms with Crippen LogP contribution in [-0.4, -0.2) is 52.1 Å². The van der Waals surface area contributed by atoms with Gasteiger partial charge in [0, 0.05) is 49.6 Å². The van der Waals surface area contributed by atoms with Gasteiger partial charge in [-0.1, -0.05) is 12.1 Å². The Kier molecular flexibility index (Phi) is 8.11. The largest absolute Gasteiger partial charge is 0.494 e. The molecule has 3 aromatic rings. The van der Waals surface area contributed by atoms with Gasteiger partial charge in [0.1, 0.15) is 5.75 Å². The Hall–Kier alpha value is -3.99. The first-order valence-corrected chi connectivity index (χ1v) is 12.0. The van der Waals surface area contributed by atoms with Gasteiger partial charge in [0.05, 0.1) is 24.7 Å². The van der Waals surface area contributed by atoms with E-state index in [-0.39, 0.29) is 23.3 Å². The Labute approximate surface area is 209 Å². The molecule has 190 valence electrons. The summed E-state index contributed by atoms with van der Waals surface area (Å²) >= 11 is 0. The van der Waals surface area contributed by atoms with Crippen LogP contribution in [0.3, 0.4) is 0 Å². The lowest BCUT2D eigenvalue weighted by Crippen LogP contribution is -2.19. The van der Waals surface area contributed by atoms with Crippen molar-refractivity contribution < 1.29 is 19.1 Å². The molecule has 1 aliphatic heterocycles. The van der Waals surface area contributed by atoms with Gasteiger partial charge in [-0.2, -0.15) is 5.10 Å². The highest BCUT2D eigenvalue weighted by Gasteiger charge is 2.30. The number of aromatic nitrogens is 4. The zero-order chi connectivity index (χ0) is 25.5. The molecule has 0 spiro atoms. The number of hydrogen-bond acceptors (Lipinski definition) is 8. The minimum absolute atomic E-state index is 0.00952. The molecule has 0 radical (unpaired) electrons. The van der Waals surface area contributed by atoms with Crippen LogP contribution >= 0.6 is 0 Å². The molecule has 1 aromatic carbocycles. The summed E-state index contributed by atoms with van der Waals surface area (Å²) in [6.07, 6.45) is 9.26. The van der Waals surface area contributed by atoms with Crippen LogP contribution in [0.2, 0.25) is 0 Å². The predicted octanol–water partition coefficient (Wildman–Crippen LogP) is 3.26. The standard InChI is InChI=1S/C20H21N7O3.C5H10O/c1-27-10-12(9-22-27)13-4-3-5-14(18(13)30-2)23-15-8-16(24-20(29)11-6-7-11)25-26-17(15)19(21)28;1-2-4-6-5-3-1/h3-5,8-11H,6-7H2,1-2H3,(H2,21,28)(H2,23,24,25,29);1-5H2. The molecule has 0 atom stereocenters. The summed E-state index contributed by atoms with van der Waals surface area (Å²) in [4.78, 5) is 23.9. The van der Waals surface area contributed by atoms with Crippen LogP contribution in [0.1, 0.15) is 42.6 Å². The van der Waals surface area contributed by atoms with E-state index < -0.39 is 5.91 Å². The number of nitrogens with two attached hydrogens (primary N) is 1. The van der Waals surface area contributed by atoms with Gasteiger partial charge < -0.3 is 25.8 Å². The van der Waals surface area contributed by atoms with Gasteiger partial charge >= 0.3 is 0 Å². The van der Waals surface area contributed by atoms with E-state index in [1.165, 1.54) is 25.3 Å². The fraction of sp³-hybridized carbons (Fsp3) is 0.400. The molecular weight excluding hydrogens is 462 g/mol. The average molecular weight is 494 g/mol. The number of carbonyl (C=O) groups excluding carboxylic acids is 2. The summed E-state index contributed by atoms with van der Waals surface area (Å²) in [6, 6.07) is 7.08. The molecule has 2 amide bonds. The van der Waals surface area contributed by atoms with Gasteiger partial charge in [0.15, 0.2) is 11.5 Å². The first-order valence-electron chi connectivity index (χ1n) is 12.0. The Morgan fingerprint density at radius 3 is 2.47 bits per heavy atom. The quantitative estimate of drug-likeness (QED) is 0.454. The SMILES string of the molecule is C1CCOCC1.COc1c(Nc2cc(NC(=O)C3CC3)nnc2C(N)=O)cccc1-c1cnn(C)c1. The molecule has 4 N–H and O–H groups in total. The first kappa shape index (κ1) is 25.1. The van der Waals surface area contributed by atoms with Gasteiger partial charge in [-0.15, -0.1) is 10.2 Å². The highest BCUT2D eigenvalue weighted by atomic mass is 16.5. The molecule has 11 heteroatoms. The highest BCUT2D eigenvalue weighted by Crippen LogP contribution is 2.38. The third-order valence-electron chi connectivity index (χ3n) is 5.81. The molecule has 0 unspecified atom stereocenters. The lowest BCUT2D eigenvalue weighted by molar-refractivity contribution is -0.117. The van der Waals surface area contributed by atoms with E-state index in [2.05, 4.69) is 25.9 Å². The number of ether oxygens (including phenoxy) is 2. The van der Waals surface area contributed by atoms with Crippen molar-refractivity contribution in [2.24, 2.45) is 18.7 Å². The Bertz CT molecular complexity index is 1210. The number of rotatable bonds is 7. The number of hydrogen-bond donors (Lipinski definition) is 3. The second-order valence-corrected chi connectivity index (χ2v) is 8.71. The Morgan fingerprint density at radius 2 is 1.92 bits per heavy atom. The van der Waals surface area contributed by atoms with E-state index in [9.17, 15) is 9.59 Å². The van der Waals surface area contributed by atoms with E-state index in [0.717, 1.165) is 37.2 Å². The number of nitrogens with one attached hydrogen (secondary N) is 2. The lowest BCUT2D eigenvalue weighted by atomic mass is 10.1. The van der Waals surface area contributed by atoms with Gasteiger partial charge in [-0.3, -0.25) is 14.3 Å². The number of methoxy groups -OCH3 is 1. The second-order valence-electron chi connectivity index (χ2n) is 8.71. The molecule has 3 heterocycles. The smallest absolute Gasteiger partial charge is 0.271 e. The maximum atomic E-state index is 12.0. The van der Waals surface area contributed by atoms with E-state index in [1.54, 1.807) is 24.1 Å². The fourth-order valence-corrected chi connectivity index (χ4v) is 3.78. The van der Waals surface area contributed by atoms with Crippen LogP contribution < -0.4 is 21.1 Å². The summed E-state index contributed by atoms with van der Waals surface area (Å²) in [5, 5.41) is 17.8. The fourth-order valence-electron chi connectivity index (χ4n) is 3.78. The zero-order valence-corrected chi connectivity index (χ0v) is 20.5. The van der Waals surface area contributed by atoms with E-state index in [1.807, 2.05) is 25.4 Å². The number of primary amides is 1. The molecule has 2 fully saturated rings. The van der Waals surface area contributed by atoms with Crippen molar-refractivity contribution in [2.45, 2.75) is 32.1 Å². The second kappa shape index (κ2) is 11.6. The van der Waals surface area contributed by atoms with E-state index >= 15 is 0 Å². The maximum absolute atomic E-state index is 12.0. The molecule has 11 nitrogen and oxygen atoms in total. The van der Waals surface area contributed by atoms with Crippen LogP contribution in [0.5, 0.6) is 5.75 Å². The maximum Gasteiger partial charge on any atom is 0.271 e. The molecule has 1 saturated heterocycles. The van der Waals surface area contributed by atoms with Crippen molar-refractivity contribution in [1.29, 1.82) is 0 Å².